The second-order valence-electron chi connectivity index (χ2n) is 5.71. The highest BCUT2D eigenvalue weighted by atomic mass is 16.6. The van der Waals surface area contributed by atoms with E-state index in [-0.39, 0.29) is 6.10 Å². The van der Waals surface area contributed by atoms with Crippen molar-refractivity contribution in [1.29, 1.82) is 0 Å². The Hall–Kier alpha value is -2.60. The van der Waals surface area contributed by atoms with Crippen molar-refractivity contribution in [3.63, 3.8) is 0 Å². The third-order valence-corrected chi connectivity index (χ3v) is 3.65. The Morgan fingerprint density at radius 1 is 1.26 bits per heavy atom. The fraction of sp³-hybridized carbons (Fsp3) is 0.294. The molecule has 3 aromatic rings. The molecule has 1 saturated heterocycles. The van der Waals surface area contributed by atoms with E-state index < -0.39 is 0 Å². The van der Waals surface area contributed by atoms with Crippen molar-refractivity contribution in [2.24, 2.45) is 0 Å². The summed E-state index contributed by atoms with van der Waals surface area (Å²) >= 11 is 0. The number of pyridine rings is 1. The minimum absolute atomic E-state index is 0.236. The second-order valence-corrected chi connectivity index (χ2v) is 5.71. The summed E-state index contributed by atoms with van der Waals surface area (Å²) < 4.78 is 16.6. The first-order valence-corrected chi connectivity index (χ1v) is 7.48. The van der Waals surface area contributed by atoms with Gasteiger partial charge < -0.3 is 18.8 Å². The molecule has 6 nitrogen and oxygen atoms in total. The summed E-state index contributed by atoms with van der Waals surface area (Å²) in [5.74, 6) is 2.22. The molecule has 0 aliphatic carbocycles. The Kier molecular flexibility index (Phi) is 3.38. The highest BCUT2D eigenvalue weighted by Gasteiger charge is 2.23. The molecular weight excluding hydrogens is 294 g/mol. The Bertz CT molecular complexity index is 823. The first kappa shape index (κ1) is 14.0. The molecule has 0 unspecified atom stereocenters. The predicted molar refractivity (Wildman–Crippen MR) is 86.8 cm³/mol. The number of rotatable bonds is 5. The van der Waals surface area contributed by atoms with Crippen LogP contribution in [-0.4, -0.2) is 43.4 Å². The van der Waals surface area contributed by atoms with E-state index in [1.807, 2.05) is 49.3 Å². The number of hydrogen-bond acceptors (Lipinski definition) is 6. The number of hydrogen-bond donors (Lipinski definition) is 0. The molecule has 0 radical (unpaired) electrons. The molecule has 2 aromatic heterocycles. The van der Waals surface area contributed by atoms with Crippen LogP contribution in [0.25, 0.3) is 22.6 Å². The van der Waals surface area contributed by atoms with Gasteiger partial charge in [0.2, 0.25) is 5.89 Å². The topological polar surface area (TPSA) is 63.9 Å². The van der Waals surface area contributed by atoms with Gasteiger partial charge >= 0.3 is 0 Å². The van der Waals surface area contributed by atoms with Gasteiger partial charge in [-0.3, -0.25) is 0 Å². The van der Waals surface area contributed by atoms with Gasteiger partial charge in [0.1, 0.15) is 29.8 Å². The molecule has 118 valence electrons. The lowest BCUT2D eigenvalue weighted by atomic mass is 10.3. The highest BCUT2D eigenvalue weighted by molar-refractivity contribution is 5.77. The van der Waals surface area contributed by atoms with Crippen LogP contribution in [0.15, 0.2) is 40.9 Å². The van der Waals surface area contributed by atoms with E-state index in [1.54, 1.807) is 6.20 Å². The Balaban J connectivity index is 1.59. The highest BCUT2D eigenvalue weighted by Crippen LogP contribution is 2.27. The van der Waals surface area contributed by atoms with Crippen LogP contribution in [0.3, 0.4) is 0 Å². The molecule has 0 N–H and O–H groups in total. The summed E-state index contributed by atoms with van der Waals surface area (Å²) in [4.78, 5) is 10.9. The van der Waals surface area contributed by atoms with Gasteiger partial charge in [0.05, 0.1) is 12.2 Å². The Morgan fingerprint density at radius 2 is 2.13 bits per heavy atom. The molecule has 1 aliphatic heterocycles. The molecule has 6 heteroatoms. The summed E-state index contributed by atoms with van der Waals surface area (Å²) in [5.41, 5.74) is 2.35. The van der Waals surface area contributed by atoms with Crippen molar-refractivity contribution in [2.75, 3.05) is 32.2 Å². The minimum atomic E-state index is 0.236. The maximum atomic E-state index is 5.80. The van der Waals surface area contributed by atoms with Gasteiger partial charge in [0, 0.05) is 26.4 Å². The number of anilines is 1. The number of epoxide rings is 1. The normalized spacial score (nSPS) is 16.5. The van der Waals surface area contributed by atoms with Crippen molar-refractivity contribution < 1.29 is 13.9 Å². The van der Waals surface area contributed by atoms with Gasteiger partial charge in [-0.1, -0.05) is 0 Å². The summed E-state index contributed by atoms with van der Waals surface area (Å²) in [5, 5.41) is 0. The summed E-state index contributed by atoms with van der Waals surface area (Å²) in [6.07, 6.45) is 2.00. The third-order valence-electron chi connectivity index (χ3n) is 3.65. The monoisotopic (exact) mass is 311 g/mol. The zero-order valence-electron chi connectivity index (χ0n) is 13.0. The van der Waals surface area contributed by atoms with Crippen molar-refractivity contribution in [2.45, 2.75) is 6.10 Å². The molecule has 1 aliphatic rings. The van der Waals surface area contributed by atoms with E-state index in [4.69, 9.17) is 13.9 Å². The van der Waals surface area contributed by atoms with Gasteiger partial charge in [-0.2, -0.15) is 0 Å². The molecule has 1 atom stereocenters. The molecule has 1 fully saturated rings. The number of ether oxygens (including phenoxy) is 2. The Labute approximate surface area is 133 Å². The number of nitrogens with zero attached hydrogens (tertiary/aromatic N) is 3. The van der Waals surface area contributed by atoms with Crippen molar-refractivity contribution >= 4 is 16.9 Å². The fourth-order valence-electron chi connectivity index (χ4n) is 2.25. The van der Waals surface area contributed by atoms with Gasteiger partial charge in [0.15, 0.2) is 5.58 Å². The predicted octanol–water partition coefficient (Wildman–Crippen LogP) is 2.73. The van der Waals surface area contributed by atoms with Crippen LogP contribution in [0.1, 0.15) is 0 Å². The summed E-state index contributed by atoms with van der Waals surface area (Å²) in [6, 6.07) is 9.53. The van der Waals surface area contributed by atoms with E-state index >= 15 is 0 Å². The second kappa shape index (κ2) is 5.55. The average Bonchev–Trinajstić information content (AvgIpc) is 3.30. The Morgan fingerprint density at radius 3 is 2.83 bits per heavy atom. The largest absolute Gasteiger partial charge is 0.491 e. The van der Waals surface area contributed by atoms with Crippen LogP contribution < -0.4 is 9.64 Å². The number of benzene rings is 1. The lowest BCUT2D eigenvalue weighted by molar-refractivity contribution is 0.263. The van der Waals surface area contributed by atoms with Crippen molar-refractivity contribution in [3.8, 4) is 17.2 Å². The maximum absolute atomic E-state index is 5.80. The number of fused-ring (bicyclic) bond motifs is 1. The smallest absolute Gasteiger partial charge is 0.228 e. The SMILES string of the molecule is CN(C)c1ccc(-c2nc3cc(OC[C@H]4CO4)ccc3o2)cn1. The number of aromatic nitrogens is 2. The first-order valence-electron chi connectivity index (χ1n) is 7.48. The molecule has 3 heterocycles. The van der Waals surface area contributed by atoms with E-state index in [9.17, 15) is 0 Å². The van der Waals surface area contributed by atoms with Crippen molar-refractivity contribution in [3.05, 3.63) is 36.5 Å². The zero-order valence-corrected chi connectivity index (χ0v) is 13.0. The molecule has 0 amide bonds. The van der Waals surface area contributed by atoms with E-state index in [1.165, 1.54) is 0 Å². The van der Waals surface area contributed by atoms with E-state index in [2.05, 4.69) is 9.97 Å². The summed E-state index contributed by atoms with van der Waals surface area (Å²) in [7, 11) is 3.91. The molecule has 23 heavy (non-hydrogen) atoms. The van der Waals surface area contributed by atoms with Crippen LogP contribution in [0.5, 0.6) is 5.75 Å². The van der Waals surface area contributed by atoms with Crippen LogP contribution >= 0.6 is 0 Å². The number of oxazole rings is 1. The maximum Gasteiger partial charge on any atom is 0.228 e. The third kappa shape index (κ3) is 2.98. The lowest BCUT2D eigenvalue weighted by Crippen LogP contribution is -2.09. The summed E-state index contributed by atoms with van der Waals surface area (Å²) in [6.45, 7) is 1.36. The first-order chi connectivity index (χ1) is 11.2. The standard InChI is InChI=1S/C17H17N3O3/c1-20(2)16-6-3-11(8-18-16)17-19-14-7-12(4-5-15(14)23-17)21-9-13-10-22-13/h3-8,13H,9-10H2,1-2H3/t13-/m0/s1. The molecule has 1 aromatic carbocycles. The lowest BCUT2D eigenvalue weighted by Gasteiger charge is -2.10. The molecule has 0 bridgehead atoms. The fourth-order valence-corrected chi connectivity index (χ4v) is 2.25. The van der Waals surface area contributed by atoms with Gasteiger partial charge in [-0.05, 0) is 24.3 Å². The van der Waals surface area contributed by atoms with Crippen LogP contribution in [0, 0.1) is 0 Å². The van der Waals surface area contributed by atoms with Gasteiger partial charge in [-0.15, -0.1) is 0 Å². The van der Waals surface area contributed by atoms with Crippen LogP contribution in [-0.2, 0) is 4.74 Å². The van der Waals surface area contributed by atoms with Crippen molar-refractivity contribution in [1.82, 2.24) is 9.97 Å². The minimum Gasteiger partial charge on any atom is -0.491 e. The average molecular weight is 311 g/mol. The van der Waals surface area contributed by atoms with Crippen LogP contribution in [0.4, 0.5) is 5.82 Å². The van der Waals surface area contributed by atoms with Gasteiger partial charge in [-0.25, -0.2) is 9.97 Å². The van der Waals surface area contributed by atoms with Crippen LogP contribution in [0.2, 0.25) is 0 Å². The van der Waals surface area contributed by atoms with Gasteiger partial charge in [0.25, 0.3) is 0 Å². The molecular formula is C17H17N3O3. The van der Waals surface area contributed by atoms with E-state index in [0.29, 0.717) is 12.5 Å². The quantitative estimate of drug-likeness (QED) is 0.675. The molecule has 4 rings (SSSR count). The molecule has 0 saturated carbocycles. The van der Waals surface area contributed by atoms with E-state index in [0.717, 1.165) is 34.8 Å². The zero-order chi connectivity index (χ0) is 15.8. The molecule has 0 spiro atoms.